The Morgan fingerprint density at radius 2 is 1.65 bits per heavy atom. The average molecular weight is 256 g/mol. The maximum atomic E-state index is 8.05. The summed E-state index contributed by atoms with van der Waals surface area (Å²) in [6.45, 7) is 11.3. The van der Waals surface area contributed by atoms with Crippen LogP contribution < -0.4 is 0 Å². The van der Waals surface area contributed by atoms with Crippen LogP contribution in [0.25, 0.3) is 6.08 Å². The van der Waals surface area contributed by atoms with Crippen LogP contribution >= 0.6 is 0 Å². The molecule has 17 heavy (non-hydrogen) atoms. The van der Waals surface area contributed by atoms with Crippen LogP contribution in [-0.4, -0.2) is 30.0 Å². The summed E-state index contributed by atoms with van der Waals surface area (Å²) in [5.41, 5.74) is 1.17. The summed E-state index contributed by atoms with van der Waals surface area (Å²) in [7, 11) is -4.16. The standard InChI is InChI=1S/C8H8.C2H8O4Si.C2H4/c1-2-8-6-4-3-5-7-8;1-2-6-7(3,4)5;1-2/h2-7H,1H2;3-5H,2H2,1H3;1-2H2. The molecule has 4 nitrogen and oxygen atoms in total. The number of hydrogen-bond donors (Lipinski definition) is 3. The van der Waals surface area contributed by atoms with Crippen LogP contribution in [-0.2, 0) is 4.43 Å². The Morgan fingerprint density at radius 3 is 1.82 bits per heavy atom. The summed E-state index contributed by atoms with van der Waals surface area (Å²) in [5, 5.41) is 0. The van der Waals surface area contributed by atoms with E-state index >= 15 is 0 Å². The third-order valence-electron chi connectivity index (χ3n) is 1.37. The third-order valence-corrected chi connectivity index (χ3v) is 2.05. The summed E-state index contributed by atoms with van der Waals surface area (Å²) < 4.78 is 4.03. The van der Waals surface area contributed by atoms with E-state index in [0.717, 1.165) is 0 Å². The molecule has 0 spiro atoms. The smallest absolute Gasteiger partial charge is 0.368 e. The van der Waals surface area contributed by atoms with E-state index < -0.39 is 9.05 Å². The fraction of sp³-hybridized carbons (Fsp3) is 0.167. The first-order valence-corrected chi connectivity index (χ1v) is 6.73. The lowest BCUT2D eigenvalue weighted by atomic mass is 10.2. The predicted molar refractivity (Wildman–Crippen MR) is 71.8 cm³/mol. The summed E-state index contributed by atoms with van der Waals surface area (Å²) in [6.07, 6.45) is 1.83. The van der Waals surface area contributed by atoms with Gasteiger partial charge in [-0.1, -0.05) is 43.0 Å². The van der Waals surface area contributed by atoms with Gasteiger partial charge in [0.05, 0.1) is 0 Å². The fourth-order valence-corrected chi connectivity index (χ4v) is 1.17. The molecule has 0 aliphatic rings. The molecule has 0 amide bonds. The molecule has 0 radical (unpaired) electrons. The van der Waals surface area contributed by atoms with Crippen molar-refractivity contribution in [3.63, 3.8) is 0 Å². The van der Waals surface area contributed by atoms with E-state index in [0.29, 0.717) is 0 Å². The molecule has 0 aliphatic heterocycles. The maximum Gasteiger partial charge on any atom is 0.671 e. The zero-order valence-electron chi connectivity index (χ0n) is 10.0. The average Bonchev–Trinajstić information content (AvgIpc) is 2.32. The summed E-state index contributed by atoms with van der Waals surface area (Å²) >= 11 is 0. The Morgan fingerprint density at radius 1 is 1.18 bits per heavy atom. The Balaban J connectivity index is 0. The van der Waals surface area contributed by atoms with E-state index in [-0.39, 0.29) is 6.61 Å². The minimum Gasteiger partial charge on any atom is -0.368 e. The fourth-order valence-electron chi connectivity index (χ4n) is 0.783. The van der Waals surface area contributed by atoms with Crippen LogP contribution in [0, 0.1) is 0 Å². The van der Waals surface area contributed by atoms with Crippen LogP contribution in [0.3, 0.4) is 0 Å². The first-order valence-electron chi connectivity index (χ1n) is 4.98. The Labute approximate surface area is 104 Å². The van der Waals surface area contributed by atoms with Gasteiger partial charge in [-0.2, -0.15) is 0 Å². The highest BCUT2D eigenvalue weighted by molar-refractivity contribution is 6.48. The lowest BCUT2D eigenvalue weighted by Gasteiger charge is -2.05. The van der Waals surface area contributed by atoms with E-state index in [1.807, 2.05) is 36.4 Å². The summed E-state index contributed by atoms with van der Waals surface area (Å²) in [5.74, 6) is 0. The molecule has 0 saturated heterocycles. The van der Waals surface area contributed by atoms with Crippen molar-refractivity contribution in [2.75, 3.05) is 6.61 Å². The number of hydrogen-bond acceptors (Lipinski definition) is 4. The maximum absolute atomic E-state index is 8.05. The van der Waals surface area contributed by atoms with Crippen molar-refractivity contribution in [2.45, 2.75) is 6.92 Å². The van der Waals surface area contributed by atoms with Crippen molar-refractivity contribution in [3.05, 3.63) is 55.6 Å². The first-order chi connectivity index (χ1) is 7.99. The molecule has 1 aromatic rings. The minimum absolute atomic E-state index is 0.121. The van der Waals surface area contributed by atoms with E-state index in [4.69, 9.17) is 14.4 Å². The zero-order chi connectivity index (χ0) is 13.7. The monoisotopic (exact) mass is 256 g/mol. The van der Waals surface area contributed by atoms with Gasteiger partial charge in [-0.25, -0.2) is 0 Å². The second-order valence-corrected chi connectivity index (χ2v) is 4.06. The van der Waals surface area contributed by atoms with Gasteiger partial charge in [-0.15, -0.1) is 13.2 Å². The topological polar surface area (TPSA) is 69.9 Å². The van der Waals surface area contributed by atoms with Gasteiger partial charge in [0.15, 0.2) is 0 Å². The van der Waals surface area contributed by atoms with Gasteiger partial charge in [-0.3, -0.25) is 0 Å². The molecule has 5 heteroatoms. The molecule has 1 rings (SSSR count). The van der Waals surface area contributed by atoms with Gasteiger partial charge in [-0.05, 0) is 12.5 Å². The van der Waals surface area contributed by atoms with Crippen molar-refractivity contribution in [1.29, 1.82) is 0 Å². The molecule has 96 valence electrons. The van der Waals surface area contributed by atoms with Crippen molar-refractivity contribution in [1.82, 2.24) is 0 Å². The molecule has 0 bridgehead atoms. The second-order valence-electron chi connectivity index (χ2n) is 2.62. The van der Waals surface area contributed by atoms with Gasteiger partial charge in [0, 0.05) is 6.61 Å². The lowest BCUT2D eigenvalue weighted by molar-refractivity contribution is 0.0687. The molecule has 0 atom stereocenters. The molecule has 1 aromatic carbocycles. The van der Waals surface area contributed by atoms with Gasteiger partial charge in [0.1, 0.15) is 0 Å². The molecular formula is C12H20O4Si. The molecule has 0 unspecified atom stereocenters. The SMILES string of the molecule is C=C.C=Cc1ccccc1.CCO[Si](O)(O)O. The number of benzene rings is 1. The van der Waals surface area contributed by atoms with Gasteiger partial charge < -0.3 is 18.8 Å². The Bertz CT molecular complexity index is 282. The summed E-state index contributed by atoms with van der Waals surface area (Å²) in [4.78, 5) is 24.1. The largest absolute Gasteiger partial charge is 0.671 e. The highest BCUT2D eigenvalue weighted by Gasteiger charge is 2.28. The predicted octanol–water partition coefficient (Wildman–Crippen LogP) is 1.57. The molecule has 0 aromatic heterocycles. The highest BCUT2D eigenvalue weighted by atomic mass is 28.4. The van der Waals surface area contributed by atoms with Crippen molar-refractivity contribution in [3.8, 4) is 0 Å². The zero-order valence-corrected chi connectivity index (χ0v) is 11.0. The second kappa shape index (κ2) is 11.2. The molecule has 0 heterocycles. The molecule has 0 aliphatic carbocycles. The lowest BCUT2D eigenvalue weighted by Crippen LogP contribution is -2.38. The van der Waals surface area contributed by atoms with E-state index in [9.17, 15) is 0 Å². The molecule has 3 N–H and O–H groups in total. The normalized spacial score (nSPS) is 9.18. The molecule has 0 saturated carbocycles. The van der Waals surface area contributed by atoms with Crippen LogP contribution in [0.2, 0.25) is 0 Å². The van der Waals surface area contributed by atoms with Crippen molar-refractivity contribution in [2.24, 2.45) is 0 Å². The molecular weight excluding hydrogens is 236 g/mol. The van der Waals surface area contributed by atoms with Gasteiger partial charge in [0.25, 0.3) is 0 Å². The van der Waals surface area contributed by atoms with Crippen molar-refractivity contribution < 1.29 is 18.8 Å². The minimum atomic E-state index is -4.16. The summed E-state index contributed by atoms with van der Waals surface area (Å²) in [6, 6.07) is 10.0. The highest BCUT2D eigenvalue weighted by Crippen LogP contribution is 1.97. The van der Waals surface area contributed by atoms with E-state index in [1.54, 1.807) is 6.92 Å². The molecule has 0 fully saturated rings. The van der Waals surface area contributed by atoms with Crippen LogP contribution in [0.4, 0.5) is 0 Å². The number of rotatable bonds is 3. The van der Waals surface area contributed by atoms with Crippen LogP contribution in [0.5, 0.6) is 0 Å². The van der Waals surface area contributed by atoms with E-state index in [1.165, 1.54) is 5.56 Å². The van der Waals surface area contributed by atoms with Crippen molar-refractivity contribution >= 4 is 15.1 Å². The first kappa shape index (κ1) is 18.1. The van der Waals surface area contributed by atoms with Crippen LogP contribution in [0.15, 0.2) is 50.1 Å². The third kappa shape index (κ3) is 14.8. The van der Waals surface area contributed by atoms with Gasteiger partial charge in [0.2, 0.25) is 0 Å². The Hall–Kier alpha value is -1.24. The quantitative estimate of drug-likeness (QED) is 0.567. The Kier molecular flexibility index (Phi) is 12.0. The van der Waals surface area contributed by atoms with E-state index in [2.05, 4.69) is 24.2 Å². The van der Waals surface area contributed by atoms with Crippen LogP contribution in [0.1, 0.15) is 12.5 Å². The van der Waals surface area contributed by atoms with Gasteiger partial charge >= 0.3 is 9.05 Å².